The number of nitrogen functional groups attached to an aromatic ring is 3. The number of carbonyl (C=O) groups excluding carboxylic acids is 3. The molecule has 4 rings (SSSR count). The standard InChI is InChI=1S/C21H28N10O5S3/c1-4-36-29-11(10-5-37-19(23)26-10)15(32)27-12-16(33)30-6-21(18(34)35,7-38-17(12)30)8-39-20-28-13(22)9(2)14(25-3)31(20)24/h5,12,17H,4,6-8,24H2,1-3H3,(H6,22,23,25,26,27,32,34,35)/t12?,17-,21?/m1/s1. The topological polar surface area (TPSA) is 231 Å². The normalized spacial score (nSPS) is 22.6. The fourth-order valence-electron chi connectivity index (χ4n) is 4.09. The van der Waals surface area contributed by atoms with Gasteiger partial charge in [0.15, 0.2) is 10.8 Å². The van der Waals surface area contributed by atoms with Crippen LogP contribution in [0.4, 0.5) is 16.8 Å². The third kappa shape index (κ3) is 5.35. The van der Waals surface area contributed by atoms with Crippen LogP contribution in [0.25, 0.3) is 0 Å². The molecule has 0 saturated carbocycles. The largest absolute Gasteiger partial charge is 0.549 e. The molecule has 2 aliphatic rings. The lowest BCUT2D eigenvalue weighted by molar-refractivity contribution is -0.668. The Labute approximate surface area is 235 Å². The minimum atomic E-state index is -1.38. The van der Waals surface area contributed by atoms with Gasteiger partial charge in [-0.3, -0.25) is 15.4 Å². The SMILES string of the molecule is CCON=C(C(=O)NC1C(=O)N2CC(CSc3nc(N)c(C)c(NC)[n+]3N)(C(=O)[O-])CS[C@H]12)c1csc(N)n1. The lowest BCUT2D eigenvalue weighted by Crippen LogP contribution is -2.75. The number of nitrogens with two attached hydrogens (primary N) is 3. The van der Waals surface area contributed by atoms with Crippen molar-refractivity contribution in [3.63, 3.8) is 0 Å². The molecular formula is C21H28N10O5S3. The second-order valence-electron chi connectivity index (χ2n) is 8.78. The highest BCUT2D eigenvalue weighted by atomic mass is 32.2. The minimum Gasteiger partial charge on any atom is -0.549 e. The van der Waals surface area contributed by atoms with Gasteiger partial charge in [0.2, 0.25) is 11.7 Å². The van der Waals surface area contributed by atoms with Crippen molar-refractivity contribution in [2.24, 2.45) is 10.6 Å². The number of carbonyl (C=O) groups is 3. The Morgan fingerprint density at radius 3 is 2.77 bits per heavy atom. The van der Waals surface area contributed by atoms with Gasteiger partial charge in [0, 0.05) is 35.9 Å². The first kappa shape index (κ1) is 28.5. The monoisotopic (exact) mass is 596 g/mol. The summed E-state index contributed by atoms with van der Waals surface area (Å²) in [6.45, 7) is 3.59. The van der Waals surface area contributed by atoms with Crippen molar-refractivity contribution < 1.29 is 29.0 Å². The van der Waals surface area contributed by atoms with Crippen molar-refractivity contribution in [1.82, 2.24) is 20.2 Å². The van der Waals surface area contributed by atoms with Crippen LogP contribution >= 0.6 is 34.9 Å². The summed E-state index contributed by atoms with van der Waals surface area (Å²) in [4.78, 5) is 53.2. The molecule has 2 fully saturated rings. The summed E-state index contributed by atoms with van der Waals surface area (Å²) in [5.74, 6) is 4.74. The number of oxime groups is 1. The lowest BCUT2D eigenvalue weighted by atomic mass is 9.89. The number of aliphatic carboxylic acids is 1. The van der Waals surface area contributed by atoms with Gasteiger partial charge in [-0.2, -0.15) is 0 Å². The van der Waals surface area contributed by atoms with Crippen molar-refractivity contribution >= 4 is 75.1 Å². The number of β-lactam (4-membered cyclic amide) rings is 1. The van der Waals surface area contributed by atoms with Crippen molar-refractivity contribution in [3.8, 4) is 0 Å². The number of nitrogens with zero attached hydrogens (tertiary/aromatic N) is 5. The number of rotatable bonds is 10. The van der Waals surface area contributed by atoms with Crippen LogP contribution in [0.15, 0.2) is 15.7 Å². The van der Waals surface area contributed by atoms with Crippen LogP contribution in [0.1, 0.15) is 18.2 Å². The molecule has 8 N–H and O–H groups in total. The number of carboxylic acids is 1. The van der Waals surface area contributed by atoms with Gasteiger partial charge in [-0.25, -0.2) is 4.98 Å². The Kier molecular flexibility index (Phi) is 8.26. The molecule has 0 aromatic carbocycles. The van der Waals surface area contributed by atoms with Gasteiger partial charge in [-0.15, -0.1) is 27.8 Å². The van der Waals surface area contributed by atoms with Gasteiger partial charge in [-0.1, -0.05) is 10.1 Å². The molecule has 2 aromatic heterocycles. The lowest BCUT2D eigenvalue weighted by Gasteiger charge is -2.55. The predicted octanol–water partition coefficient (Wildman–Crippen LogP) is -2.28. The Bertz CT molecular complexity index is 1340. The Morgan fingerprint density at radius 2 is 2.15 bits per heavy atom. The molecule has 2 saturated heterocycles. The molecule has 210 valence electrons. The molecule has 0 bridgehead atoms. The van der Waals surface area contributed by atoms with E-state index >= 15 is 0 Å². The Balaban J connectivity index is 1.46. The number of amides is 2. The number of nitrogens with one attached hydrogen (secondary N) is 2. The van der Waals surface area contributed by atoms with Crippen LogP contribution in [-0.2, 0) is 19.2 Å². The van der Waals surface area contributed by atoms with Crippen LogP contribution in [0.5, 0.6) is 0 Å². The van der Waals surface area contributed by atoms with Gasteiger partial charge in [0.25, 0.3) is 11.7 Å². The molecule has 2 amide bonds. The maximum absolute atomic E-state index is 13.0. The predicted molar refractivity (Wildman–Crippen MR) is 146 cm³/mol. The first-order valence-electron chi connectivity index (χ1n) is 11.7. The second-order valence-corrected chi connectivity index (χ2v) is 11.7. The zero-order valence-corrected chi connectivity index (χ0v) is 23.7. The summed E-state index contributed by atoms with van der Waals surface area (Å²) in [6, 6.07) is -0.874. The number of carboxylic acid groups (broad SMARTS) is 1. The van der Waals surface area contributed by atoms with Gasteiger partial charge in [-0.05, 0) is 25.6 Å². The Hall–Kier alpha value is -3.51. The molecule has 2 unspecified atom stereocenters. The molecule has 0 radical (unpaired) electrons. The average molecular weight is 597 g/mol. The number of anilines is 3. The van der Waals surface area contributed by atoms with Crippen molar-refractivity contribution in [3.05, 3.63) is 16.6 Å². The van der Waals surface area contributed by atoms with E-state index in [0.29, 0.717) is 16.5 Å². The number of hydrogen-bond donors (Lipinski definition) is 5. The molecule has 15 nitrogen and oxygen atoms in total. The van der Waals surface area contributed by atoms with Gasteiger partial charge < -0.3 is 41.7 Å². The maximum Gasteiger partial charge on any atom is 0.322 e. The van der Waals surface area contributed by atoms with E-state index in [9.17, 15) is 19.5 Å². The van der Waals surface area contributed by atoms with Crippen molar-refractivity contribution in [2.75, 3.05) is 54.3 Å². The summed E-state index contributed by atoms with van der Waals surface area (Å²) in [5, 5.41) is 23.4. The molecule has 4 heterocycles. The van der Waals surface area contributed by atoms with E-state index in [1.807, 2.05) is 0 Å². The molecular weight excluding hydrogens is 568 g/mol. The summed E-state index contributed by atoms with van der Waals surface area (Å²) in [5.41, 5.74) is 11.1. The van der Waals surface area contributed by atoms with E-state index in [2.05, 4.69) is 25.8 Å². The fourth-order valence-corrected chi connectivity index (χ4v) is 7.41. The van der Waals surface area contributed by atoms with Crippen LogP contribution in [0.2, 0.25) is 0 Å². The van der Waals surface area contributed by atoms with Crippen LogP contribution in [-0.4, -0.2) is 81.5 Å². The number of fused-ring (bicyclic) bond motifs is 1. The van der Waals surface area contributed by atoms with Crippen LogP contribution in [0, 0.1) is 12.3 Å². The first-order chi connectivity index (χ1) is 18.5. The van der Waals surface area contributed by atoms with Gasteiger partial charge in [0.05, 0.1) is 11.5 Å². The molecule has 2 aliphatic heterocycles. The number of thiazole rings is 1. The third-order valence-electron chi connectivity index (χ3n) is 6.25. The van der Waals surface area contributed by atoms with Gasteiger partial charge in [0.1, 0.15) is 23.7 Å². The number of thioether (sulfide) groups is 2. The number of aromatic nitrogens is 3. The van der Waals surface area contributed by atoms with Gasteiger partial charge >= 0.3 is 5.16 Å². The van der Waals surface area contributed by atoms with Crippen molar-refractivity contribution in [2.45, 2.75) is 30.4 Å². The van der Waals surface area contributed by atoms with E-state index in [4.69, 9.17) is 22.1 Å². The van der Waals surface area contributed by atoms with E-state index in [-0.39, 0.29) is 47.0 Å². The number of hydrogen-bond acceptors (Lipinski definition) is 15. The molecule has 0 spiro atoms. The highest BCUT2D eigenvalue weighted by molar-refractivity contribution is 8.00. The maximum atomic E-state index is 13.0. The highest BCUT2D eigenvalue weighted by Crippen LogP contribution is 2.44. The summed E-state index contributed by atoms with van der Waals surface area (Å²) >= 11 is 3.48. The van der Waals surface area contributed by atoms with Crippen LogP contribution in [0.3, 0.4) is 0 Å². The molecule has 3 atom stereocenters. The molecule has 2 aromatic rings. The summed E-state index contributed by atoms with van der Waals surface area (Å²) in [7, 11) is 1.68. The summed E-state index contributed by atoms with van der Waals surface area (Å²) < 4.78 is 1.30. The zero-order valence-electron chi connectivity index (χ0n) is 21.3. The third-order valence-corrected chi connectivity index (χ3v) is 9.75. The van der Waals surface area contributed by atoms with E-state index in [0.717, 1.165) is 23.1 Å². The fraction of sp³-hybridized carbons (Fsp3) is 0.476. The average Bonchev–Trinajstić information content (AvgIpc) is 3.34. The summed E-state index contributed by atoms with van der Waals surface area (Å²) in [6.07, 6.45) is 0. The molecule has 18 heteroatoms. The molecule has 39 heavy (non-hydrogen) atoms. The minimum absolute atomic E-state index is 0.0299. The van der Waals surface area contributed by atoms with E-state index in [1.54, 1.807) is 26.3 Å². The Morgan fingerprint density at radius 1 is 1.41 bits per heavy atom. The second kappa shape index (κ2) is 11.3. The highest BCUT2D eigenvalue weighted by Gasteiger charge is 2.56. The quantitative estimate of drug-likeness (QED) is 0.0371. The van der Waals surface area contributed by atoms with E-state index < -0.39 is 34.6 Å². The zero-order chi connectivity index (χ0) is 28.5. The smallest absolute Gasteiger partial charge is 0.322 e. The molecule has 0 aliphatic carbocycles. The van der Waals surface area contributed by atoms with Crippen LogP contribution < -0.4 is 37.7 Å². The van der Waals surface area contributed by atoms with E-state index in [1.165, 1.54) is 21.3 Å². The van der Waals surface area contributed by atoms with Crippen molar-refractivity contribution in [1.29, 1.82) is 0 Å². The first-order valence-corrected chi connectivity index (χ1v) is 14.6.